The molecular weight excluding hydrogens is 536 g/mol. The van der Waals surface area contributed by atoms with Gasteiger partial charge in [-0.05, 0) is 62.4 Å². The molecule has 1 amide bonds. The van der Waals surface area contributed by atoms with E-state index in [9.17, 15) is 22.0 Å². The second-order valence-electron chi connectivity index (χ2n) is 9.60. The number of ether oxygens (including phenoxy) is 2. The number of aryl methyl sites for hydroxylation is 1. The molecule has 0 bridgehead atoms. The first-order valence-electron chi connectivity index (χ1n) is 12.5. The summed E-state index contributed by atoms with van der Waals surface area (Å²) in [5.74, 6) is -2.23. The number of methoxy groups -OCH3 is 1. The van der Waals surface area contributed by atoms with Crippen molar-refractivity contribution < 1.29 is 31.5 Å². The van der Waals surface area contributed by atoms with E-state index in [-0.39, 0.29) is 30.0 Å². The third kappa shape index (κ3) is 5.14. The van der Waals surface area contributed by atoms with Gasteiger partial charge < -0.3 is 9.47 Å². The van der Waals surface area contributed by atoms with Gasteiger partial charge in [0.2, 0.25) is 15.9 Å². The summed E-state index contributed by atoms with van der Waals surface area (Å²) < 4.78 is 66.5. The van der Waals surface area contributed by atoms with Gasteiger partial charge in [-0.2, -0.15) is 4.31 Å². The van der Waals surface area contributed by atoms with Crippen LogP contribution in [0.25, 0.3) is 10.2 Å². The molecule has 8 nitrogen and oxygen atoms in total. The Morgan fingerprint density at radius 1 is 1.18 bits per heavy atom. The Hall–Kier alpha value is -2.67. The summed E-state index contributed by atoms with van der Waals surface area (Å²) in [5, 5.41) is 0.560. The number of carbonyl (C=O) groups is 1. The van der Waals surface area contributed by atoms with Crippen molar-refractivity contribution >= 4 is 42.6 Å². The number of hydrogen-bond acceptors (Lipinski definition) is 7. The quantitative estimate of drug-likeness (QED) is 0.419. The number of hydrogen-bond donors (Lipinski definition) is 0. The second-order valence-corrected chi connectivity index (χ2v) is 12.5. The van der Waals surface area contributed by atoms with E-state index in [2.05, 4.69) is 0 Å². The fourth-order valence-corrected chi connectivity index (χ4v) is 7.53. The van der Waals surface area contributed by atoms with Crippen LogP contribution in [0, 0.1) is 24.5 Å². The van der Waals surface area contributed by atoms with Crippen LogP contribution in [-0.4, -0.2) is 63.1 Å². The average Bonchev–Trinajstić information content (AvgIpc) is 3.59. The molecule has 2 aromatic carbocycles. The summed E-state index contributed by atoms with van der Waals surface area (Å²) in [6.45, 7) is 3.20. The Bertz CT molecular complexity index is 1450. The van der Waals surface area contributed by atoms with Gasteiger partial charge in [-0.15, -0.1) is 0 Å². The molecule has 1 unspecified atom stereocenters. The van der Waals surface area contributed by atoms with Gasteiger partial charge in [0.1, 0.15) is 11.3 Å². The number of piperidine rings is 1. The fourth-order valence-electron chi connectivity index (χ4n) is 4.98. The molecule has 1 aromatic heterocycles. The van der Waals surface area contributed by atoms with Crippen molar-refractivity contribution in [3.05, 3.63) is 47.5 Å². The number of sulfonamides is 1. The van der Waals surface area contributed by atoms with E-state index < -0.39 is 27.6 Å². The zero-order chi connectivity index (χ0) is 27.0. The van der Waals surface area contributed by atoms with Crippen molar-refractivity contribution in [2.45, 2.75) is 43.6 Å². The van der Waals surface area contributed by atoms with Gasteiger partial charge in [-0.3, -0.25) is 9.69 Å². The number of nitrogens with zero attached hydrogens (tertiary/aromatic N) is 3. The molecular formula is C26H29F2N3O5S2. The monoisotopic (exact) mass is 565 g/mol. The fraction of sp³-hybridized carbons (Fsp3) is 0.462. The van der Waals surface area contributed by atoms with Crippen molar-refractivity contribution in [2.75, 3.05) is 38.3 Å². The lowest BCUT2D eigenvalue weighted by Gasteiger charge is -2.33. The van der Waals surface area contributed by atoms with Gasteiger partial charge in [0.15, 0.2) is 16.8 Å². The van der Waals surface area contributed by atoms with Crippen LogP contribution in [0.1, 0.15) is 31.2 Å². The molecule has 3 aromatic rings. The lowest BCUT2D eigenvalue weighted by atomic mass is 9.96. The molecule has 2 saturated heterocycles. The molecule has 2 fully saturated rings. The highest BCUT2D eigenvalue weighted by Gasteiger charge is 2.36. The normalized spacial score (nSPS) is 19.2. The van der Waals surface area contributed by atoms with Crippen molar-refractivity contribution in [3.63, 3.8) is 0 Å². The molecule has 2 aliphatic heterocycles. The summed E-state index contributed by atoms with van der Waals surface area (Å²) >= 11 is 1.43. The molecule has 5 rings (SSSR count). The van der Waals surface area contributed by atoms with Gasteiger partial charge >= 0.3 is 0 Å². The highest BCUT2D eigenvalue weighted by Crippen LogP contribution is 2.38. The summed E-state index contributed by atoms with van der Waals surface area (Å²) in [5.41, 5.74) is 1.73. The molecule has 204 valence electrons. The van der Waals surface area contributed by atoms with Crippen LogP contribution >= 0.6 is 11.3 Å². The van der Waals surface area contributed by atoms with Crippen molar-refractivity contribution in [1.29, 1.82) is 0 Å². The van der Waals surface area contributed by atoms with E-state index >= 15 is 0 Å². The van der Waals surface area contributed by atoms with E-state index in [0.717, 1.165) is 35.2 Å². The lowest BCUT2D eigenvalue weighted by Crippen LogP contribution is -2.46. The molecule has 0 aliphatic carbocycles. The largest absolute Gasteiger partial charge is 0.494 e. The van der Waals surface area contributed by atoms with Crippen LogP contribution in [-0.2, 0) is 19.6 Å². The van der Waals surface area contributed by atoms with Gasteiger partial charge in [0.25, 0.3) is 0 Å². The van der Waals surface area contributed by atoms with E-state index in [0.29, 0.717) is 48.5 Å². The molecule has 12 heteroatoms. The van der Waals surface area contributed by atoms with E-state index in [4.69, 9.17) is 14.5 Å². The van der Waals surface area contributed by atoms with Gasteiger partial charge in [-0.1, -0.05) is 17.4 Å². The molecule has 0 saturated carbocycles. The predicted molar refractivity (Wildman–Crippen MR) is 140 cm³/mol. The minimum atomic E-state index is -4.01. The predicted octanol–water partition coefficient (Wildman–Crippen LogP) is 4.50. The summed E-state index contributed by atoms with van der Waals surface area (Å²) in [4.78, 5) is 20.0. The third-order valence-corrected chi connectivity index (χ3v) is 10.3. The standard InChI is InChI=1S/C26H29F2N3O5S2/c1-16-5-8-22(35-2)23-24(16)37-26(29-23)31(15-18-4-3-13-36-18)25(32)17-9-11-30(12-10-17)38(33,34)19-6-7-20(27)21(28)14-19/h5-8,14,17-18H,3-4,9-13,15H2,1-2H3. The maximum absolute atomic E-state index is 13.9. The maximum Gasteiger partial charge on any atom is 0.243 e. The lowest BCUT2D eigenvalue weighted by molar-refractivity contribution is -0.123. The Labute approximate surface area is 224 Å². The number of carbonyl (C=O) groups excluding carboxylic acids is 1. The molecule has 0 spiro atoms. The topological polar surface area (TPSA) is 89.0 Å². The van der Waals surface area contributed by atoms with Crippen LogP contribution < -0.4 is 9.64 Å². The van der Waals surface area contributed by atoms with E-state index in [1.807, 2.05) is 19.1 Å². The Balaban J connectivity index is 1.37. The second kappa shape index (κ2) is 10.8. The molecule has 3 heterocycles. The highest BCUT2D eigenvalue weighted by atomic mass is 32.2. The number of anilines is 1. The summed E-state index contributed by atoms with van der Waals surface area (Å²) in [6.07, 6.45) is 2.29. The molecule has 2 aliphatic rings. The SMILES string of the molecule is COc1ccc(C)c2sc(N(CC3CCCO3)C(=O)C3CCN(S(=O)(=O)c4ccc(F)c(F)c4)CC3)nc12. The number of halogens is 2. The number of fused-ring (bicyclic) bond motifs is 1. The molecule has 1 atom stereocenters. The van der Waals surface area contributed by atoms with Crippen LogP contribution in [0.4, 0.5) is 13.9 Å². The van der Waals surface area contributed by atoms with Gasteiger partial charge in [0.05, 0.1) is 29.4 Å². The molecule has 0 N–H and O–H groups in total. The van der Waals surface area contributed by atoms with Crippen LogP contribution in [0.15, 0.2) is 35.2 Å². The first kappa shape index (κ1) is 26.9. The van der Waals surface area contributed by atoms with Gasteiger partial charge in [0, 0.05) is 25.6 Å². The highest BCUT2D eigenvalue weighted by molar-refractivity contribution is 7.89. The van der Waals surface area contributed by atoms with Crippen molar-refractivity contribution in [3.8, 4) is 5.75 Å². The van der Waals surface area contributed by atoms with Crippen LogP contribution in [0.5, 0.6) is 5.75 Å². The summed E-state index contributed by atoms with van der Waals surface area (Å²) in [6, 6.07) is 6.36. The van der Waals surface area contributed by atoms with Gasteiger partial charge in [-0.25, -0.2) is 22.2 Å². The van der Waals surface area contributed by atoms with Crippen molar-refractivity contribution in [1.82, 2.24) is 9.29 Å². The minimum Gasteiger partial charge on any atom is -0.494 e. The smallest absolute Gasteiger partial charge is 0.243 e. The number of thiazole rings is 1. The maximum atomic E-state index is 13.9. The Kier molecular flexibility index (Phi) is 7.67. The number of aromatic nitrogens is 1. The average molecular weight is 566 g/mol. The number of rotatable bonds is 7. The van der Waals surface area contributed by atoms with E-state index in [1.54, 1.807) is 12.0 Å². The summed E-state index contributed by atoms with van der Waals surface area (Å²) in [7, 11) is -2.43. The first-order chi connectivity index (χ1) is 18.2. The Morgan fingerprint density at radius 3 is 2.61 bits per heavy atom. The van der Waals surface area contributed by atoms with E-state index in [1.165, 1.54) is 15.6 Å². The number of benzene rings is 2. The molecule has 38 heavy (non-hydrogen) atoms. The Morgan fingerprint density at radius 2 is 1.95 bits per heavy atom. The number of amides is 1. The van der Waals surface area contributed by atoms with Crippen molar-refractivity contribution in [2.24, 2.45) is 5.92 Å². The zero-order valence-electron chi connectivity index (χ0n) is 21.2. The minimum absolute atomic E-state index is 0.0946. The van der Waals surface area contributed by atoms with Crippen LogP contribution in [0.3, 0.4) is 0 Å². The van der Waals surface area contributed by atoms with Crippen LogP contribution in [0.2, 0.25) is 0 Å². The zero-order valence-corrected chi connectivity index (χ0v) is 22.8. The first-order valence-corrected chi connectivity index (χ1v) is 14.8. The molecule has 0 radical (unpaired) electrons. The third-order valence-electron chi connectivity index (χ3n) is 7.15.